The molecule has 4 atom stereocenters. The van der Waals surface area contributed by atoms with Crippen LogP contribution in [-0.4, -0.2) is 61.5 Å². The summed E-state index contributed by atoms with van der Waals surface area (Å²) in [7, 11) is 0. The molecule has 1 fully saturated rings. The molecule has 0 saturated carbocycles. The fourth-order valence-electron chi connectivity index (χ4n) is 14.9. The predicted molar refractivity (Wildman–Crippen MR) is 424 cm³/mol. The van der Waals surface area contributed by atoms with Gasteiger partial charge in [-0.25, -0.2) is 0 Å². The van der Waals surface area contributed by atoms with Gasteiger partial charge in [-0.2, -0.15) is 0 Å². The lowest BCUT2D eigenvalue weighted by molar-refractivity contribution is -0.233. The Balaban J connectivity index is 2.84. The molecule has 0 amide bonds. The molecule has 1 aliphatic heterocycles. The SMILES string of the molecule is CCCCCCCCCCCCCCCCCCCCC(=O)OC[C@H]1OC[C@@H](OC(=O)CCCCCCCCCCCCCCCCCCCC)[C@@H](OC(=O)CCCCCCCCCCCCCCCCCCCC)[C@@H]1OC(=O)CCCCCCCCCCCCCCCCCCCC. The smallest absolute Gasteiger partial charge is 0.306 e. The standard InChI is InChI=1S/C90H172O9/c1-5-9-13-17-21-25-29-33-37-41-45-49-53-57-61-65-69-73-77-85(91)96-81-83-89(98-87(93)79-75-71-67-63-59-55-51-47-43-39-35-31-27-23-19-15-11-7-3)90(99-88(94)80-76-72-68-64-60-56-52-48-44-40-36-32-28-24-20-16-12-8-4)84(82-95-83)97-86(92)78-74-70-66-62-58-54-50-46-42-38-34-30-26-22-18-14-10-6-2/h83-84,89-90H,5-82H2,1-4H3/t83-,84-,89-,90-/m1/s1. The lowest BCUT2D eigenvalue weighted by Crippen LogP contribution is -2.59. The number of hydrogen-bond acceptors (Lipinski definition) is 9. The van der Waals surface area contributed by atoms with E-state index in [-0.39, 0.29) is 44.4 Å². The molecular weight excluding hydrogens is 1220 g/mol. The van der Waals surface area contributed by atoms with Gasteiger partial charge in [-0.15, -0.1) is 0 Å². The highest BCUT2D eigenvalue weighted by Crippen LogP contribution is 2.28. The topological polar surface area (TPSA) is 114 Å². The Morgan fingerprint density at radius 1 is 0.222 bits per heavy atom. The molecule has 1 heterocycles. The number of hydrogen-bond donors (Lipinski definition) is 0. The summed E-state index contributed by atoms with van der Waals surface area (Å²) in [6.45, 7) is 8.97. The van der Waals surface area contributed by atoms with E-state index in [0.29, 0.717) is 19.3 Å². The maximum absolute atomic E-state index is 13.9. The van der Waals surface area contributed by atoms with Crippen molar-refractivity contribution in [1.29, 1.82) is 0 Å². The van der Waals surface area contributed by atoms with E-state index in [9.17, 15) is 19.2 Å². The van der Waals surface area contributed by atoms with E-state index in [0.717, 1.165) is 64.2 Å². The molecule has 0 aromatic heterocycles. The molecule has 0 unspecified atom stereocenters. The number of unbranched alkanes of at least 4 members (excludes halogenated alkanes) is 68. The molecule has 99 heavy (non-hydrogen) atoms. The van der Waals surface area contributed by atoms with Gasteiger partial charge < -0.3 is 23.7 Å². The summed E-state index contributed by atoms with van der Waals surface area (Å²) >= 11 is 0. The van der Waals surface area contributed by atoms with Crippen LogP contribution in [0.5, 0.6) is 0 Å². The molecule has 0 aromatic carbocycles. The zero-order valence-electron chi connectivity index (χ0n) is 67.1. The molecule has 0 aromatic rings. The van der Waals surface area contributed by atoms with Crippen molar-refractivity contribution in [3.63, 3.8) is 0 Å². The molecule has 1 rings (SSSR count). The van der Waals surface area contributed by atoms with Crippen LogP contribution in [0.1, 0.15) is 516 Å². The molecule has 586 valence electrons. The van der Waals surface area contributed by atoms with E-state index >= 15 is 0 Å². The molecule has 0 spiro atoms. The molecule has 0 N–H and O–H groups in total. The summed E-state index contributed by atoms with van der Waals surface area (Å²) in [5.41, 5.74) is 0. The Morgan fingerprint density at radius 3 is 0.606 bits per heavy atom. The third kappa shape index (κ3) is 67.5. The normalized spacial score (nSPS) is 15.4. The van der Waals surface area contributed by atoms with Gasteiger partial charge in [0.25, 0.3) is 0 Å². The highest BCUT2D eigenvalue weighted by Gasteiger charge is 2.48. The van der Waals surface area contributed by atoms with Crippen molar-refractivity contribution >= 4 is 23.9 Å². The van der Waals surface area contributed by atoms with Gasteiger partial charge in [0.05, 0.1) is 6.61 Å². The first-order chi connectivity index (χ1) is 48.9. The Labute approximate surface area is 616 Å². The van der Waals surface area contributed by atoms with E-state index in [1.165, 1.54) is 385 Å². The van der Waals surface area contributed by atoms with Crippen molar-refractivity contribution in [3.05, 3.63) is 0 Å². The zero-order chi connectivity index (χ0) is 71.3. The quantitative estimate of drug-likeness (QED) is 0.0334. The minimum absolute atomic E-state index is 0.0449. The Bertz CT molecular complexity index is 1670. The van der Waals surface area contributed by atoms with Crippen LogP contribution < -0.4 is 0 Å². The van der Waals surface area contributed by atoms with Gasteiger partial charge in [-0.05, 0) is 25.7 Å². The van der Waals surface area contributed by atoms with E-state index in [1.54, 1.807) is 0 Å². The second-order valence-corrected chi connectivity index (χ2v) is 31.5. The van der Waals surface area contributed by atoms with E-state index in [2.05, 4.69) is 27.7 Å². The van der Waals surface area contributed by atoms with Crippen molar-refractivity contribution in [2.24, 2.45) is 0 Å². The van der Waals surface area contributed by atoms with Gasteiger partial charge in [0, 0.05) is 25.7 Å². The molecule has 9 nitrogen and oxygen atoms in total. The number of rotatable bonds is 81. The second kappa shape index (κ2) is 78.4. The first kappa shape index (κ1) is 94.9. The third-order valence-corrected chi connectivity index (χ3v) is 21.7. The molecule has 0 radical (unpaired) electrons. The lowest BCUT2D eigenvalue weighted by Gasteiger charge is -2.40. The highest BCUT2D eigenvalue weighted by atomic mass is 16.7. The summed E-state index contributed by atoms with van der Waals surface area (Å²) in [4.78, 5) is 54.9. The molecule has 1 aliphatic rings. The van der Waals surface area contributed by atoms with Crippen LogP contribution in [0.4, 0.5) is 0 Å². The van der Waals surface area contributed by atoms with Gasteiger partial charge in [0.1, 0.15) is 12.7 Å². The highest BCUT2D eigenvalue weighted by molar-refractivity contribution is 5.72. The van der Waals surface area contributed by atoms with Gasteiger partial charge in [0.15, 0.2) is 18.3 Å². The van der Waals surface area contributed by atoms with Gasteiger partial charge in [-0.3, -0.25) is 19.2 Å². The lowest BCUT2D eigenvalue weighted by atomic mass is 9.99. The van der Waals surface area contributed by atoms with Gasteiger partial charge in [0.2, 0.25) is 0 Å². The fraction of sp³-hybridized carbons (Fsp3) is 0.956. The van der Waals surface area contributed by atoms with Gasteiger partial charge >= 0.3 is 23.9 Å². The first-order valence-corrected chi connectivity index (χ1v) is 45.2. The summed E-state index contributed by atoms with van der Waals surface area (Å²) < 4.78 is 31.1. The van der Waals surface area contributed by atoms with Crippen LogP contribution in [0.25, 0.3) is 0 Å². The summed E-state index contributed by atoms with van der Waals surface area (Å²) in [6.07, 6.45) is 89.0. The molecular formula is C90H172O9. The maximum atomic E-state index is 13.9. The molecule has 0 aliphatic carbocycles. The summed E-state index contributed by atoms with van der Waals surface area (Å²) in [5, 5.41) is 0. The average Bonchev–Trinajstić information content (AvgIpc) is 0.808. The van der Waals surface area contributed by atoms with Crippen LogP contribution in [0.3, 0.4) is 0 Å². The summed E-state index contributed by atoms with van der Waals surface area (Å²) in [5.74, 6) is -1.45. The van der Waals surface area contributed by atoms with Crippen LogP contribution >= 0.6 is 0 Å². The fourth-order valence-corrected chi connectivity index (χ4v) is 14.9. The zero-order valence-corrected chi connectivity index (χ0v) is 67.1. The van der Waals surface area contributed by atoms with Crippen LogP contribution in [-0.2, 0) is 42.9 Å². The number of esters is 4. The van der Waals surface area contributed by atoms with Crippen molar-refractivity contribution in [1.82, 2.24) is 0 Å². The minimum Gasteiger partial charge on any atom is -0.463 e. The first-order valence-electron chi connectivity index (χ1n) is 45.2. The predicted octanol–water partition coefficient (Wildman–Crippen LogP) is 29.4. The minimum atomic E-state index is -1.09. The number of carbonyl (C=O) groups excluding carboxylic acids is 4. The van der Waals surface area contributed by atoms with Crippen molar-refractivity contribution < 1.29 is 42.9 Å². The molecule has 9 heteroatoms. The van der Waals surface area contributed by atoms with Crippen molar-refractivity contribution in [3.8, 4) is 0 Å². The maximum Gasteiger partial charge on any atom is 0.306 e. The van der Waals surface area contributed by atoms with E-state index in [4.69, 9.17) is 23.7 Å². The largest absolute Gasteiger partial charge is 0.463 e. The molecule has 0 bridgehead atoms. The van der Waals surface area contributed by atoms with E-state index in [1.807, 2.05) is 0 Å². The summed E-state index contributed by atoms with van der Waals surface area (Å²) in [6, 6.07) is 0. The number of carbonyl (C=O) groups is 4. The third-order valence-electron chi connectivity index (χ3n) is 21.7. The Hall–Kier alpha value is -2.16. The van der Waals surface area contributed by atoms with Gasteiger partial charge in [-0.1, -0.05) is 464 Å². The van der Waals surface area contributed by atoms with Crippen LogP contribution in [0, 0.1) is 0 Å². The van der Waals surface area contributed by atoms with E-state index < -0.39 is 36.4 Å². The van der Waals surface area contributed by atoms with Crippen molar-refractivity contribution in [2.45, 2.75) is 540 Å². The molecule has 1 saturated heterocycles. The number of ether oxygens (including phenoxy) is 5. The van der Waals surface area contributed by atoms with Crippen molar-refractivity contribution in [2.75, 3.05) is 13.2 Å². The Morgan fingerprint density at radius 2 is 0.394 bits per heavy atom. The Kier molecular flexibility index (Phi) is 75.1. The second-order valence-electron chi connectivity index (χ2n) is 31.5. The monoisotopic (exact) mass is 1400 g/mol. The van der Waals surface area contributed by atoms with Crippen LogP contribution in [0.2, 0.25) is 0 Å². The van der Waals surface area contributed by atoms with Crippen LogP contribution in [0.15, 0.2) is 0 Å². The average molecular weight is 1400 g/mol.